The highest BCUT2D eigenvalue weighted by Crippen LogP contribution is 2.68. The summed E-state index contributed by atoms with van der Waals surface area (Å²) in [5, 5.41) is 17.4. The van der Waals surface area contributed by atoms with E-state index >= 15 is 0 Å². The molecule has 2 amide bonds. The quantitative estimate of drug-likeness (QED) is 0.102. The van der Waals surface area contributed by atoms with Crippen molar-refractivity contribution in [1.29, 1.82) is 0 Å². The summed E-state index contributed by atoms with van der Waals surface area (Å²) in [7, 11) is 0. The van der Waals surface area contributed by atoms with Crippen molar-refractivity contribution in [2.24, 2.45) is 40.4 Å². The summed E-state index contributed by atoms with van der Waals surface area (Å²) in [6.07, 6.45) is 19.7. The van der Waals surface area contributed by atoms with Gasteiger partial charge in [0, 0.05) is 44.8 Å². The Bertz CT molecular complexity index is 1320. The van der Waals surface area contributed by atoms with Gasteiger partial charge in [0.1, 0.15) is 17.3 Å². The normalized spacial score (nSPS) is 30.2. The number of nitrogens with one attached hydrogen (secondary N) is 2. The number of carbonyl (C=O) groups is 3. The molecule has 0 aromatic heterocycles. The number of benzene rings is 1. The highest BCUT2D eigenvalue weighted by Gasteiger charge is 2.62. The largest absolute Gasteiger partial charge is 0.493 e. The second kappa shape index (κ2) is 20.5. The minimum Gasteiger partial charge on any atom is -0.493 e. The Morgan fingerprint density at radius 2 is 1.43 bits per heavy atom. The van der Waals surface area contributed by atoms with Gasteiger partial charge in [-0.25, -0.2) is 0 Å². The van der Waals surface area contributed by atoms with Gasteiger partial charge in [0.25, 0.3) is 0 Å². The lowest BCUT2D eigenvalue weighted by molar-refractivity contribution is -0.159. The van der Waals surface area contributed by atoms with Gasteiger partial charge in [-0.2, -0.15) is 0 Å². The maximum absolute atomic E-state index is 12.6. The Morgan fingerprint density at radius 3 is 2.04 bits per heavy atom. The van der Waals surface area contributed by atoms with Gasteiger partial charge in [0.15, 0.2) is 0 Å². The molecule has 0 spiro atoms. The average molecular weight is 751 g/mol. The van der Waals surface area contributed by atoms with Crippen LogP contribution in [-0.4, -0.2) is 55.1 Å². The van der Waals surface area contributed by atoms with Crippen molar-refractivity contribution < 1.29 is 29.0 Å². The van der Waals surface area contributed by atoms with E-state index < -0.39 is 0 Å². The molecule has 8 heteroatoms. The zero-order chi connectivity index (χ0) is 38.6. The molecule has 1 aromatic rings. The highest BCUT2D eigenvalue weighted by atomic mass is 16.5. The van der Waals surface area contributed by atoms with Crippen LogP contribution in [0, 0.1) is 40.4 Å². The summed E-state index contributed by atoms with van der Waals surface area (Å²) < 4.78 is 12.5. The van der Waals surface area contributed by atoms with Crippen LogP contribution >= 0.6 is 0 Å². The number of hydrogen-bond acceptors (Lipinski definition) is 6. The van der Waals surface area contributed by atoms with Crippen molar-refractivity contribution >= 4 is 17.6 Å². The molecule has 0 radical (unpaired) electrons. The van der Waals surface area contributed by atoms with E-state index in [-0.39, 0.29) is 28.7 Å². The van der Waals surface area contributed by atoms with Crippen LogP contribution in [0.4, 0.5) is 0 Å². The molecule has 3 unspecified atom stereocenters. The van der Waals surface area contributed by atoms with Gasteiger partial charge >= 0.3 is 0 Å². The molecule has 3 N–H and O–H groups in total. The van der Waals surface area contributed by atoms with E-state index in [1.165, 1.54) is 18.4 Å². The van der Waals surface area contributed by atoms with Crippen molar-refractivity contribution in [2.75, 3.05) is 26.3 Å². The van der Waals surface area contributed by atoms with E-state index in [4.69, 9.17) is 9.47 Å². The zero-order valence-electron chi connectivity index (χ0n) is 34.4. The molecule has 304 valence electrons. The number of fused-ring (bicyclic) bond motifs is 5. The average Bonchev–Trinajstić information content (AvgIpc) is 3.45. The number of amides is 2. The first-order valence-corrected chi connectivity index (χ1v) is 22.2. The first kappa shape index (κ1) is 42.5. The lowest BCUT2D eigenvalue weighted by Gasteiger charge is -2.62. The molecule has 8 nitrogen and oxygen atoms in total. The molecule has 0 saturated heterocycles. The fraction of sp³-hybridized carbons (Fsp3) is 0.804. The molecule has 8 atom stereocenters. The molecule has 4 fully saturated rings. The monoisotopic (exact) mass is 751 g/mol. The molecule has 4 aliphatic rings. The minimum atomic E-state index is -0.211. The second-order valence-electron chi connectivity index (χ2n) is 18.1. The summed E-state index contributed by atoms with van der Waals surface area (Å²) in [6.45, 7) is 11.6. The topological polar surface area (TPSA) is 114 Å². The van der Waals surface area contributed by atoms with Crippen molar-refractivity contribution in [3.05, 3.63) is 23.8 Å². The van der Waals surface area contributed by atoms with Gasteiger partial charge in [-0.05, 0) is 142 Å². The summed E-state index contributed by atoms with van der Waals surface area (Å²) in [5.74, 6) is 5.05. The number of ketones is 1. The van der Waals surface area contributed by atoms with Gasteiger partial charge < -0.3 is 25.2 Å². The van der Waals surface area contributed by atoms with E-state index in [1.54, 1.807) is 0 Å². The van der Waals surface area contributed by atoms with Gasteiger partial charge in [-0.3, -0.25) is 14.4 Å². The van der Waals surface area contributed by atoms with Gasteiger partial charge in [0.05, 0.1) is 19.3 Å². The van der Waals surface area contributed by atoms with Crippen LogP contribution < -0.4 is 20.1 Å². The molecular weight excluding hydrogens is 677 g/mol. The number of aliphatic hydroxyl groups excluding tert-OH is 1. The maximum Gasteiger partial charge on any atom is 0.220 e. The van der Waals surface area contributed by atoms with E-state index in [1.807, 2.05) is 6.07 Å². The summed E-state index contributed by atoms with van der Waals surface area (Å²) in [6, 6.07) is 6.21. The number of carbonyl (C=O) groups excluding carboxylic acids is 3. The summed E-state index contributed by atoms with van der Waals surface area (Å²) in [5.41, 5.74) is 1.38. The van der Waals surface area contributed by atoms with Crippen LogP contribution in [0.5, 0.6) is 11.5 Å². The number of Topliss-reactive ketones (excluding diaryl/α,β-unsaturated/α-hetero) is 1. The van der Waals surface area contributed by atoms with Crippen molar-refractivity contribution in [1.82, 2.24) is 10.6 Å². The predicted octanol–water partition coefficient (Wildman–Crippen LogP) is 9.14. The molecule has 0 heterocycles. The van der Waals surface area contributed by atoms with E-state index in [0.29, 0.717) is 74.3 Å². The standard InChI is InChI=1S/C46H74N2O6/c1-5-7-9-24-47-42(51)16-12-26-53-37-28-33(29-38(31-37)54-27-13-17-43(52)48-25-10-8-6-2)14-11-15-34-32-46(4)40(20-21-41(46)50)39-19-18-35-30-36(49)22-23-45(35,3)44(34)39/h28-29,31,34-35,39-41,44,50H,5-27,30,32H2,1-4H3,(H,47,51)(H,48,52)/t34?,35?,39-,40-,41?,44+,45-,46-/m0/s1. The van der Waals surface area contributed by atoms with E-state index in [9.17, 15) is 19.5 Å². The number of unbranched alkanes of at least 4 members (excludes halogenated alkanes) is 4. The molecule has 4 aliphatic carbocycles. The zero-order valence-corrected chi connectivity index (χ0v) is 34.4. The van der Waals surface area contributed by atoms with Crippen LogP contribution in [-0.2, 0) is 20.8 Å². The predicted molar refractivity (Wildman–Crippen MR) is 216 cm³/mol. The molecule has 54 heavy (non-hydrogen) atoms. The Hall–Kier alpha value is -2.61. The van der Waals surface area contributed by atoms with Crippen molar-refractivity contribution in [2.45, 2.75) is 169 Å². The molecule has 1 aromatic carbocycles. The van der Waals surface area contributed by atoms with Gasteiger partial charge in [-0.15, -0.1) is 0 Å². The third-order valence-electron chi connectivity index (χ3n) is 14.3. The lowest BCUT2D eigenvalue weighted by Crippen LogP contribution is -2.57. The van der Waals surface area contributed by atoms with Gasteiger partial charge in [0.2, 0.25) is 11.8 Å². The Labute approximate surface area is 327 Å². The first-order chi connectivity index (χ1) is 26.1. The molecular formula is C46H74N2O6. The molecule has 0 aliphatic heterocycles. The number of rotatable bonds is 22. The summed E-state index contributed by atoms with van der Waals surface area (Å²) in [4.78, 5) is 37.2. The Morgan fingerprint density at radius 1 is 0.796 bits per heavy atom. The van der Waals surface area contributed by atoms with E-state index in [2.05, 4.69) is 50.5 Å². The number of ether oxygens (including phenoxy) is 2. The number of hydrogen-bond donors (Lipinski definition) is 3. The van der Waals surface area contributed by atoms with Crippen LogP contribution in [0.15, 0.2) is 18.2 Å². The summed E-state index contributed by atoms with van der Waals surface area (Å²) >= 11 is 0. The van der Waals surface area contributed by atoms with Crippen LogP contribution in [0.1, 0.15) is 162 Å². The van der Waals surface area contributed by atoms with E-state index in [0.717, 1.165) is 121 Å². The lowest BCUT2D eigenvalue weighted by atomic mass is 9.42. The fourth-order valence-electron chi connectivity index (χ4n) is 11.4. The number of aryl methyl sites for hydroxylation is 1. The molecule has 5 rings (SSSR count). The van der Waals surface area contributed by atoms with Crippen molar-refractivity contribution in [3.8, 4) is 11.5 Å². The second-order valence-corrected chi connectivity index (χ2v) is 18.1. The molecule has 4 saturated carbocycles. The highest BCUT2D eigenvalue weighted by molar-refractivity contribution is 5.79. The first-order valence-electron chi connectivity index (χ1n) is 22.2. The van der Waals surface area contributed by atoms with Crippen molar-refractivity contribution in [3.63, 3.8) is 0 Å². The van der Waals surface area contributed by atoms with Crippen LogP contribution in [0.2, 0.25) is 0 Å². The SMILES string of the molecule is CCCCCNC(=O)CCCOc1cc(CCCC2C[C@]3(C)C(O)CC[C@H]3[C@@H]3CCC4CC(=O)CC[C@]4(C)[C@H]23)cc(OCCCC(=O)NCCCCC)c1. The Balaban J connectivity index is 1.22. The minimum absolute atomic E-state index is 0.00684. The maximum atomic E-state index is 12.6. The molecule has 0 bridgehead atoms. The van der Waals surface area contributed by atoms with Crippen LogP contribution in [0.3, 0.4) is 0 Å². The smallest absolute Gasteiger partial charge is 0.220 e. The van der Waals surface area contributed by atoms with Crippen LogP contribution in [0.25, 0.3) is 0 Å². The Kier molecular flexibility index (Phi) is 16.2. The fourth-order valence-corrected chi connectivity index (χ4v) is 11.4. The third-order valence-corrected chi connectivity index (χ3v) is 14.3. The third kappa shape index (κ3) is 11.0. The number of aliphatic hydroxyl groups is 1. The van der Waals surface area contributed by atoms with Gasteiger partial charge in [-0.1, -0.05) is 53.4 Å².